The molecule has 1 amide bonds. The van der Waals surface area contributed by atoms with Crippen LogP contribution in [-0.2, 0) is 11.3 Å². The van der Waals surface area contributed by atoms with Gasteiger partial charge in [-0.1, -0.05) is 36.4 Å². The Balaban J connectivity index is 1.20. The lowest BCUT2D eigenvalue weighted by atomic mass is 10.0. The Bertz CT molecular complexity index is 859. The van der Waals surface area contributed by atoms with Gasteiger partial charge in [-0.3, -0.25) is 14.6 Å². The smallest absolute Gasteiger partial charge is 0.237 e. The minimum absolute atomic E-state index is 0.0928. The van der Waals surface area contributed by atoms with Crippen molar-refractivity contribution < 1.29 is 9.53 Å². The lowest BCUT2D eigenvalue weighted by Gasteiger charge is -2.39. The van der Waals surface area contributed by atoms with Crippen molar-refractivity contribution in [1.82, 2.24) is 15.1 Å². The zero-order valence-electron chi connectivity index (χ0n) is 19.4. The number of carbonyl (C=O) groups is 1. The van der Waals surface area contributed by atoms with Gasteiger partial charge >= 0.3 is 0 Å². The number of methoxy groups -OCH3 is 1. The number of rotatable bonds is 7. The van der Waals surface area contributed by atoms with Crippen molar-refractivity contribution in [3.63, 3.8) is 0 Å². The normalized spacial score (nSPS) is 19.5. The Kier molecular flexibility index (Phi) is 7.66. The number of anilines is 1. The monoisotopic (exact) mass is 436 g/mol. The van der Waals surface area contributed by atoms with E-state index in [2.05, 4.69) is 62.5 Å². The van der Waals surface area contributed by atoms with E-state index in [9.17, 15) is 4.79 Å². The summed E-state index contributed by atoms with van der Waals surface area (Å²) in [5.41, 5.74) is 2.54. The van der Waals surface area contributed by atoms with E-state index in [-0.39, 0.29) is 18.0 Å². The van der Waals surface area contributed by atoms with Crippen molar-refractivity contribution >= 4 is 11.6 Å². The topological polar surface area (TPSA) is 48.1 Å². The fourth-order valence-corrected chi connectivity index (χ4v) is 4.74. The van der Waals surface area contributed by atoms with Crippen molar-refractivity contribution in [3.8, 4) is 5.75 Å². The first-order chi connectivity index (χ1) is 15.6. The summed E-state index contributed by atoms with van der Waals surface area (Å²) in [4.78, 5) is 20.1. The molecule has 2 aliphatic rings. The quantitative estimate of drug-likeness (QED) is 0.723. The maximum Gasteiger partial charge on any atom is 0.237 e. The number of benzene rings is 2. The third-order valence-corrected chi connectivity index (χ3v) is 6.84. The molecule has 6 heteroatoms. The van der Waals surface area contributed by atoms with E-state index in [1.807, 2.05) is 19.1 Å². The molecular weight excluding hydrogens is 400 g/mol. The summed E-state index contributed by atoms with van der Waals surface area (Å²) in [6.07, 6.45) is 2.05. The number of piperidine rings is 1. The van der Waals surface area contributed by atoms with Gasteiger partial charge in [-0.05, 0) is 37.5 Å². The number of likely N-dealkylation sites (tertiary alicyclic amines) is 1. The van der Waals surface area contributed by atoms with Crippen LogP contribution < -0.4 is 15.0 Å². The SMILES string of the molecule is COc1cccc(N2CCN(C(C)C(=O)NC3CCN(Cc4ccccc4)CC3)CC2)c1. The van der Waals surface area contributed by atoms with E-state index < -0.39 is 0 Å². The molecule has 0 spiro atoms. The van der Waals surface area contributed by atoms with E-state index in [0.29, 0.717) is 0 Å². The predicted octanol–water partition coefficient (Wildman–Crippen LogP) is 2.99. The minimum Gasteiger partial charge on any atom is -0.497 e. The molecule has 1 atom stereocenters. The van der Waals surface area contributed by atoms with Crippen LogP contribution in [0.4, 0.5) is 5.69 Å². The van der Waals surface area contributed by atoms with Crippen molar-refractivity contribution in [1.29, 1.82) is 0 Å². The Labute approximate surface area is 192 Å². The van der Waals surface area contributed by atoms with Crippen LogP contribution in [0.5, 0.6) is 5.75 Å². The van der Waals surface area contributed by atoms with Crippen LogP contribution in [0.25, 0.3) is 0 Å². The van der Waals surface area contributed by atoms with Gasteiger partial charge in [0.15, 0.2) is 0 Å². The van der Waals surface area contributed by atoms with E-state index in [0.717, 1.165) is 64.4 Å². The van der Waals surface area contributed by atoms with E-state index in [1.165, 1.54) is 11.3 Å². The molecule has 2 fully saturated rings. The number of ether oxygens (including phenoxy) is 1. The Morgan fingerprint density at radius 2 is 1.72 bits per heavy atom. The molecule has 2 aromatic rings. The summed E-state index contributed by atoms with van der Waals surface area (Å²) in [6, 6.07) is 19.0. The largest absolute Gasteiger partial charge is 0.497 e. The highest BCUT2D eigenvalue weighted by Gasteiger charge is 2.28. The maximum atomic E-state index is 12.9. The van der Waals surface area contributed by atoms with Gasteiger partial charge in [-0.2, -0.15) is 0 Å². The van der Waals surface area contributed by atoms with Crippen LogP contribution in [-0.4, -0.2) is 74.2 Å². The highest BCUT2D eigenvalue weighted by atomic mass is 16.5. The number of nitrogens with zero attached hydrogens (tertiary/aromatic N) is 3. The first kappa shape index (κ1) is 22.6. The fourth-order valence-electron chi connectivity index (χ4n) is 4.74. The zero-order chi connectivity index (χ0) is 22.3. The van der Waals surface area contributed by atoms with Crippen LogP contribution in [0, 0.1) is 0 Å². The molecule has 2 heterocycles. The van der Waals surface area contributed by atoms with Crippen LogP contribution in [0.1, 0.15) is 25.3 Å². The molecule has 0 aliphatic carbocycles. The second kappa shape index (κ2) is 10.8. The van der Waals surface area contributed by atoms with Crippen LogP contribution in [0.15, 0.2) is 54.6 Å². The molecule has 2 saturated heterocycles. The third-order valence-electron chi connectivity index (χ3n) is 6.84. The maximum absolute atomic E-state index is 12.9. The second-order valence-corrected chi connectivity index (χ2v) is 8.95. The van der Waals surface area contributed by atoms with Gasteiger partial charge < -0.3 is 15.0 Å². The molecule has 32 heavy (non-hydrogen) atoms. The predicted molar refractivity (Wildman–Crippen MR) is 129 cm³/mol. The summed E-state index contributed by atoms with van der Waals surface area (Å²) < 4.78 is 5.35. The summed E-state index contributed by atoms with van der Waals surface area (Å²) in [7, 11) is 1.70. The van der Waals surface area contributed by atoms with Gasteiger partial charge in [-0.15, -0.1) is 0 Å². The summed E-state index contributed by atoms with van der Waals surface area (Å²) in [5, 5.41) is 3.32. The van der Waals surface area contributed by atoms with Crippen molar-refractivity contribution in [3.05, 3.63) is 60.2 Å². The average Bonchev–Trinajstić information content (AvgIpc) is 2.85. The average molecular weight is 437 g/mol. The molecule has 0 radical (unpaired) electrons. The first-order valence-electron chi connectivity index (χ1n) is 11.8. The summed E-state index contributed by atoms with van der Waals surface area (Å²) >= 11 is 0. The standard InChI is InChI=1S/C26H36N4O2/c1-21(29-15-17-30(18-16-29)24-9-6-10-25(19-24)32-2)26(31)27-23-11-13-28(14-12-23)20-22-7-4-3-5-8-22/h3-10,19,21,23H,11-18,20H2,1-2H3,(H,27,31). The van der Waals surface area contributed by atoms with E-state index in [1.54, 1.807) is 7.11 Å². The third kappa shape index (κ3) is 5.81. The highest BCUT2D eigenvalue weighted by Crippen LogP contribution is 2.22. The summed E-state index contributed by atoms with van der Waals surface area (Å²) in [6.45, 7) is 8.73. The minimum atomic E-state index is -0.0928. The van der Waals surface area contributed by atoms with Crippen molar-refractivity contribution in [2.24, 2.45) is 0 Å². The van der Waals surface area contributed by atoms with Gasteiger partial charge in [0.25, 0.3) is 0 Å². The van der Waals surface area contributed by atoms with Crippen LogP contribution >= 0.6 is 0 Å². The number of carbonyl (C=O) groups excluding carboxylic acids is 1. The zero-order valence-corrected chi connectivity index (χ0v) is 19.4. The highest BCUT2D eigenvalue weighted by molar-refractivity contribution is 5.81. The van der Waals surface area contributed by atoms with Gasteiger partial charge in [0.1, 0.15) is 5.75 Å². The van der Waals surface area contributed by atoms with E-state index >= 15 is 0 Å². The number of hydrogen-bond acceptors (Lipinski definition) is 5. The molecule has 0 bridgehead atoms. The van der Waals surface area contributed by atoms with Crippen molar-refractivity contribution in [2.75, 3.05) is 51.3 Å². The fraction of sp³-hybridized carbons (Fsp3) is 0.500. The lowest BCUT2D eigenvalue weighted by Crippen LogP contribution is -2.56. The molecule has 4 rings (SSSR count). The number of hydrogen-bond donors (Lipinski definition) is 1. The van der Waals surface area contributed by atoms with E-state index in [4.69, 9.17) is 4.74 Å². The second-order valence-electron chi connectivity index (χ2n) is 8.95. The Hall–Kier alpha value is -2.57. The van der Waals surface area contributed by atoms with Gasteiger partial charge in [0.2, 0.25) is 5.91 Å². The molecule has 0 aromatic heterocycles. The van der Waals surface area contributed by atoms with Crippen LogP contribution in [0.2, 0.25) is 0 Å². The number of piperazine rings is 1. The molecular formula is C26H36N4O2. The van der Waals surface area contributed by atoms with Gasteiger partial charge in [-0.25, -0.2) is 0 Å². The molecule has 0 saturated carbocycles. The lowest BCUT2D eigenvalue weighted by molar-refractivity contribution is -0.127. The molecule has 2 aliphatic heterocycles. The molecule has 1 unspecified atom stereocenters. The Morgan fingerprint density at radius 1 is 1.00 bits per heavy atom. The Morgan fingerprint density at radius 3 is 2.41 bits per heavy atom. The van der Waals surface area contributed by atoms with Crippen molar-refractivity contribution in [2.45, 2.75) is 38.4 Å². The summed E-state index contributed by atoms with van der Waals surface area (Å²) in [5.74, 6) is 1.05. The molecule has 172 valence electrons. The van der Waals surface area contributed by atoms with Gasteiger partial charge in [0.05, 0.1) is 13.2 Å². The van der Waals surface area contributed by atoms with Crippen LogP contribution in [0.3, 0.4) is 0 Å². The molecule has 6 nitrogen and oxygen atoms in total. The molecule has 2 aromatic carbocycles. The number of amides is 1. The van der Waals surface area contributed by atoms with Gasteiger partial charge in [0, 0.05) is 63.6 Å². The molecule has 1 N–H and O–H groups in total. The number of nitrogens with one attached hydrogen (secondary N) is 1. The first-order valence-corrected chi connectivity index (χ1v) is 11.8.